The normalized spacial score (nSPS) is 20.0. The number of nitrogens with one attached hydrogen (secondary N) is 1. The Labute approximate surface area is 195 Å². The van der Waals surface area contributed by atoms with Crippen molar-refractivity contribution in [3.8, 4) is 11.6 Å². The zero-order chi connectivity index (χ0) is 22.9. The summed E-state index contributed by atoms with van der Waals surface area (Å²) in [5, 5.41) is 3.17. The van der Waals surface area contributed by atoms with Crippen molar-refractivity contribution in [2.75, 3.05) is 6.26 Å². The number of nitrogens with zero attached hydrogens (tertiary/aromatic N) is 1. The Hall–Kier alpha value is -2.34. The van der Waals surface area contributed by atoms with E-state index in [9.17, 15) is 9.59 Å². The van der Waals surface area contributed by atoms with Crippen LogP contribution in [0.1, 0.15) is 69.2 Å². The smallest absolute Gasteiger partial charge is 0.230 e. The summed E-state index contributed by atoms with van der Waals surface area (Å²) in [6.07, 6.45) is 11.9. The molecule has 172 valence electrons. The lowest BCUT2D eigenvalue weighted by atomic mass is 9.87. The molecule has 2 aromatic rings. The van der Waals surface area contributed by atoms with E-state index in [-0.39, 0.29) is 5.78 Å². The Morgan fingerprint density at radius 2 is 1.84 bits per heavy atom. The first-order valence-electron chi connectivity index (χ1n) is 11.5. The summed E-state index contributed by atoms with van der Waals surface area (Å²) >= 11 is 1.64. The van der Waals surface area contributed by atoms with Crippen molar-refractivity contribution in [1.29, 1.82) is 0 Å². The number of ether oxygens (including phenoxy) is 1. The third-order valence-electron chi connectivity index (χ3n) is 5.96. The zero-order valence-electron chi connectivity index (χ0n) is 19.3. The molecule has 1 aromatic heterocycles. The van der Waals surface area contributed by atoms with E-state index in [1.165, 1.54) is 45.4 Å². The maximum absolute atomic E-state index is 11.5. The molecule has 0 radical (unpaired) electrons. The molecule has 6 heteroatoms. The van der Waals surface area contributed by atoms with Crippen LogP contribution in [0.25, 0.3) is 0 Å². The quantitative estimate of drug-likeness (QED) is 0.394. The van der Waals surface area contributed by atoms with Crippen molar-refractivity contribution in [3.63, 3.8) is 0 Å². The first-order chi connectivity index (χ1) is 15.4. The van der Waals surface area contributed by atoms with Crippen molar-refractivity contribution < 1.29 is 14.3 Å². The molecular weight excluding hydrogens is 420 g/mol. The van der Waals surface area contributed by atoms with Gasteiger partial charge in [-0.05, 0) is 93.9 Å². The summed E-state index contributed by atoms with van der Waals surface area (Å²) in [5.74, 6) is 2.86. The van der Waals surface area contributed by atoms with Crippen molar-refractivity contribution in [1.82, 2.24) is 10.3 Å². The molecule has 1 N–H and O–H groups in total. The Kier molecular flexibility index (Phi) is 9.15. The van der Waals surface area contributed by atoms with Gasteiger partial charge >= 0.3 is 0 Å². The van der Waals surface area contributed by atoms with Crippen LogP contribution in [-0.2, 0) is 4.79 Å². The van der Waals surface area contributed by atoms with Crippen LogP contribution in [0.3, 0.4) is 0 Å². The summed E-state index contributed by atoms with van der Waals surface area (Å²) in [6, 6.07) is 11.6. The summed E-state index contributed by atoms with van der Waals surface area (Å²) in [6.45, 7) is 3.81. The van der Waals surface area contributed by atoms with Gasteiger partial charge in [0.15, 0.2) is 5.78 Å². The van der Waals surface area contributed by atoms with Gasteiger partial charge < -0.3 is 10.1 Å². The second-order valence-corrected chi connectivity index (χ2v) is 9.74. The summed E-state index contributed by atoms with van der Waals surface area (Å²) in [5.41, 5.74) is 0.493. The maximum atomic E-state index is 11.5. The topological polar surface area (TPSA) is 68.3 Å². The monoisotopic (exact) mass is 454 g/mol. The number of aromatic nitrogens is 1. The molecule has 0 bridgehead atoms. The van der Waals surface area contributed by atoms with Crippen LogP contribution in [-0.4, -0.2) is 29.0 Å². The van der Waals surface area contributed by atoms with Crippen molar-refractivity contribution in [2.24, 2.45) is 11.8 Å². The molecule has 5 nitrogen and oxygen atoms in total. The first kappa shape index (κ1) is 24.3. The minimum absolute atomic E-state index is 0.0564. The molecule has 4 rings (SSSR count). The fourth-order valence-corrected chi connectivity index (χ4v) is 4.24. The number of benzene rings is 1. The van der Waals surface area contributed by atoms with Gasteiger partial charge in [0.25, 0.3) is 0 Å². The largest absolute Gasteiger partial charge is 0.438 e. The fraction of sp³-hybridized carbons (Fsp3) is 0.500. The minimum atomic E-state index is -0.0564. The molecule has 0 aliphatic heterocycles. The Bertz CT molecular complexity index is 905. The Morgan fingerprint density at radius 3 is 2.50 bits per heavy atom. The SMILES string of the molecule is CC1CCC(NC(=O)CC2CC2)CC1.CSc1cccc(Oc2ncccc2C(C)=O)c1. The van der Waals surface area contributed by atoms with Gasteiger partial charge in [-0.25, -0.2) is 4.98 Å². The van der Waals surface area contributed by atoms with Crippen molar-refractivity contribution in [2.45, 2.75) is 69.7 Å². The number of Topliss-reactive ketones (excluding diaryl/α,β-unsaturated/α-hetero) is 1. The van der Waals surface area contributed by atoms with Crippen LogP contribution < -0.4 is 10.1 Å². The van der Waals surface area contributed by atoms with E-state index in [0.29, 0.717) is 29.1 Å². The van der Waals surface area contributed by atoms with Crippen molar-refractivity contribution >= 4 is 23.5 Å². The average Bonchev–Trinajstić information content (AvgIpc) is 3.60. The molecule has 2 fully saturated rings. The lowest BCUT2D eigenvalue weighted by Crippen LogP contribution is -2.37. The number of hydrogen-bond donors (Lipinski definition) is 1. The van der Waals surface area contributed by atoms with Crippen LogP contribution in [0, 0.1) is 11.8 Å². The summed E-state index contributed by atoms with van der Waals surface area (Å²) in [4.78, 5) is 28.2. The minimum Gasteiger partial charge on any atom is -0.438 e. The standard InChI is InChI=1S/C14H13NO2S.C12H21NO/c1-10(16)13-7-4-8-15-14(13)17-11-5-3-6-12(9-11)18-2;1-9-2-6-11(7-3-9)13-12(14)8-10-4-5-10/h3-9H,1-2H3;9-11H,2-8H2,1H3,(H,13,14). The Balaban J connectivity index is 0.000000186. The fourth-order valence-electron chi connectivity index (χ4n) is 3.79. The first-order valence-corrected chi connectivity index (χ1v) is 12.7. The second kappa shape index (κ2) is 12.0. The third kappa shape index (κ3) is 7.97. The number of amides is 1. The molecule has 1 heterocycles. The highest BCUT2D eigenvalue weighted by molar-refractivity contribution is 7.98. The van der Waals surface area contributed by atoms with Crippen LogP contribution in [0.4, 0.5) is 0 Å². The number of carbonyl (C=O) groups is 2. The van der Waals surface area contributed by atoms with Gasteiger partial charge in [-0.15, -0.1) is 11.8 Å². The van der Waals surface area contributed by atoms with Gasteiger partial charge in [0.1, 0.15) is 5.75 Å². The number of carbonyl (C=O) groups excluding carboxylic acids is 2. The van der Waals surface area contributed by atoms with E-state index in [4.69, 9.17) is 4.74 Å². The average molecular weight is 455 g/mol. The van der Waals surface area contributed by atoms with Crippen molar-refractivity contribution in [3.05, 3.63) is 48.2 Å². The molecular formula is C26H34N2O3S. The highest BCUT2D eigenvalue weighted by atomic mass is 32.2. The number of rotatable bonds is 7. The van der Waals surface area contributed by atoms with Gasteiger partial charge in [-0.1, -0.05) is 13.0 Å². The molecule has 2 aliphatic carbocycles. The van der Waals surface area contributed by atoms with Gasteiger partial charge in [-0.3, -0.25) is 9.59 Å². The van der Waals surface area contributed by atoms with Gasteiger partial charge in [-0.2, -0.15) is 0 Å². The molecule has 1 aromatic carbocycles. The van der Waals surface area contributed by atoms with Crippen LogP contribution in [0.15, 0.2) is 47.5 Å². The number of hydrogen-bond acceptors (Lipinski definition) is 5. The lowest BCUT2D eigenvalue weighted by molar-refractivity contribution is -0.122. The maximum Gasteiger partial charge on any atom is 0.230 e. The van der Waals surface area contributed by atoms with Crippen LogP contribution in [0.2, 0.25) is 0 Å². The predicted molar refractivity (Wildman–Crippen MR) is 129 cm³/mol. The highest BCUT2D eigenvalue weighted by Crippen LogP contribution is 2.32. The third-order valence-corrected chi connectivity index (χ3v) is 6.68. The summed E-state index contributed by atoms with van der Waals surface area (Å²) < 4.78 is 5.67. The molecule has 2 aliphatic rings. The highest BCUT2D eigenvalue weighted by Gasteiger charge is 2.26. The van der Waals surface area contributed by atoms with E-state index in [1.54, 1.807) is 30.1 Å². The molecule has 0 unspecified atom stereocenters. The molecule has 0 atom stereocenters. The lowest BCUT2D eigenvalue weighted by Gasteiger charge is -2.26. The van der Waals surface area contributed by atoms with Gasteiger partial charge in [0.05, 0.1) is 5.56 Å². The van der Waals surface area contributed by atoms with E-state index < -0.39 is 0 Å². The summed E-state index contributed by atoms with van der Waals surface area (Å²) in [7, 11) is 0. The predicted octanol–water partition coefficient (Wildman–Crippen LogP) is 6.28. The number of pyridine rings is 1. The van der Waals surface area contributed by atoms with E-state index in [0.717, 1.165) is 23.2 Å². The van der Waals surface area contributed by atoms with E-state index >= 15 is 0 Å². The number of thioether (sulfide) groups is 1. The zero-order valence-corrected chi connectivity index (χ0v) is 20.1. The van der Waals surface area contributed by atoms with Crippen LogP contribution >= 0.6 is 11.8 Å². The van der Waals surface area contributed by atoms with Gasteiger partial charge in [0, 0.05) is 23.6 Å². The Morgan fingerprint density at radius 1 is 1.09 bits per heavy atom. The second-order valence-electron chi connectivity index (χ2n) is 8.87. The molecule has 1 amide bonds. The molecule has 0 saturated heterocycles. The van der Waals surface area contributed by atoms with E-state index in [2.05, 4.69) is 17.2 Å². The van der Waals surface area contributed by atoms with Gasteiger partial charge in [0.2, 0.25) is 11.8 Å². The molecule has 2 saturated carbocycles. The van der Waals surface area contributed by atoms with Crippen LogP contribution in [0.5, 0.6) is 11.6 Å². The molecule has 0 spiro atoms. The molecule has 32 heavy (non-hydrogen) atoms. The number of ketones is 1. The van der Waals surface area contributed by atoms with E-state index in [1.807, 2.05) is 30.5 Å².